The largest absolute Gasteiger partial charge is 0.345 e. The molecule has 0 spiro atoms. The Morgan fingerprint density at radius 1 is 1.38 bits per heavy atom. The van der Waals surface area contributed by atoms with Crippen LogP contribution in [-0.2, 0) is 7.05 Å². The van der Waals surface area contributed by atoms with Crippen LogP contribution in [0.4, 0.5) is 0 Å². The molecule has 1 atom stereocenters. The molecule has 1 fully saturated rings. The second-order valence-electron chi connectivity index (χ2n) is 6.56. The van der Waals surface area contributed by atoms with Gasteiger partial charge < -0.3 is 4.90 Å². The summed E-state index contributed by atoms with van der Waals surface area (Å²) in [6.07, 6.45) is 5.08. The average Bonchev–Trinajstić information content (AvgIpc) is 2.90. The number of likely N-dealkylation sites (tertiary alicyclic amines) is 1. The van der Waals surface area contributed by atoms with Gasteiger partial charge in [0.05, 0.1) is 5.56 Å². The van der Waals surface area contributed by atoms with E-state index in [2.05, 4.69) is 10.1 Å². The molecule has 0 saturated carbocycles. The van der Waals surface area contributed by atoms with Crippen LogP contribution in [-0.4, -0.2) is 43.2 Å². The van der Waals surface area contributed by atoms with Crippen molar-refractivity contribution in [1.82, 2.24) is 24.2 Å². The van der Waals surface area contributed by atoms with E-state index in [1.54, 1.807) is 36.1 Å². The van der Waals surface area contributed by atoms with E-state index in [-0.39, 0.29) is 23.6 Å². The van der Waals surface area contributed by atoms with Gasteiger partial charge in [-0.25, -0.2) is 9.48 Å². The highest BCUT2D eigenvalue weighted by Gasteiger charge is 2.30. The van der Waals surface area contributed by atoms with Crippen molar-refractivity contribution in [3.8, 4) is 0 Å². The van der Waals surface area contributed by atoms with Gasteiger partial charge in [0.15, 0.2) is 0 Å². The quantitative estimate of drug-likeness (QED) is 0.857. The molecule has 128 valence electrons. The molecule has 0 radical (unpaired) electrons. The van der Waals surface area contributed by atoms with Crippen LogP contribution in [0.15, 0.2) is 29.3 Å². The molecule has 3 heterocycles. The maximum absolute atomic E-state index is 12.7. The number of carbonyl (C=O) groups is 1. The first-order valence-electron chi connectivity index (χ1n) is 8.33. The van der Waals surface area contributed by atoms with E-state index in [0.29, 0.717) is 12.1 Å². The summed E-state index contributed by atoms with van der Waals surface area (Å²) in [5.41, 5.74) is 0.496. The second-order valence-corrected chi connectivity index (χ2v) is 6.56. The molecular weight excluding hydrogens is 306 g/mol. The lowest BCUT2D eigenvalue weighted by atomic mass is 9.96. The third kappa shape index (κ3) is 2.98. The molecule has 0 N–H and O–H groups in total. The van der Waals surface area contributed by atoms with Crippen LogP contribution in [0.2, 0.25) is 0 Å². The Balaban J connectivity index is 1.86. The molecule has 1 unspecified atom stereocenters. The summed E-state index contributed by atoms with van der Waals surface area (Å²) in [6.45, 7) is 5.27. The first-order valence-corrected chi connectivity index (χ1v) is 8.33. The van der Waals surface area contributed by atoms with Crippen molar-refractivity contribution in [1.29, 1.82) is 0 Å². The minimum Gasteiger partial charge on any atom is -0.338 e. The van der Waals surface area contributed by atoms with E-state index >= 15 is 0 Å². The summed E-state index contributed by atoms with van der Waals surface area (Å²) in [5.74, 6) is 0.846. The number of hydrogen-bond donors (Lipinski definition) is 0. The number of piperidine rings is 1. The average molecular weight is 329 g/mol. The zero-order valence-electron chi connectivity index (χ0n) is 14.3. The van der Waals surface area contributed by atoms with Gasteiger partial charge >= 0.3 is 5.69 Å². The van der Waals surface area contributed by atoms with Gasteiger partial charge in [-0.1, -0.05) is 0 Å². The molecule has 0 bridgehead atoms. The van der Waals surface area contributed by atoms with Gasteiger partial charge in [0.1, 0.15) is 5.82 Å². The van der Waals surface area contributed by atoms with Gasteiger partial charge in [-0.3, -0.25) is 14.3 Å². The molecule has 7 heteroatoms. The molecule has 1 aliphatic rings. The Labute approximate surface area is 140 Å². The third-order valence-electron chi connectivity index (χ3n) is 4.48. The Morgan fingerprint density at radius 2 is 2.17 bits per heavy atom. The van der Waals surface area contributed by atoms with Gasteiger partial charge in [-0.2, -0.15) is 5.10 Å². The van der Waals surface area contributed by atoms with Crippen LogP contribution >= 0.6 is 0 Å². The summed E-state index contributed by atoms with van der Waals surface area (Å²) in [7, 11) is 1.67. The van der Waals surface area contributed by atoms with Gasteiger partial charge in [0.2, 0.25) is 0 Å². The standard InChI is InChI=1S/C17H23N5O2/c1-12(2)22-15(19-20(3)17(22)24)14-7-5-9-21(11-14)16(23)13-6-4-8-18-10-13/h4,6,8,10,12,14H,5,7,9,11H2,1-3H3. The molecular formula is C17H23N5O2. The first kappa shape index (κ1) is 16.4. The van der Waals surface area contributed by atoms with Crippen LogP contribution in [0.25, 0.3) is 0 Å². The molecule has 1 aliphatic heterocycles. The van der Waals surface area contributed by atoms with E-state index in [0.717, 1.165) is 25.2 Å². The maximum atomic E-state index is 12.7. The van der Waals surface area contributed by atoms with Crippen LogP contribution in [0.1, 0.15) is 54.8 Å². The number of amides is 1. The monoisotopic (exact) mass is 329 g/mol. The summed E-state index contributed by atoms with van der Waals surface area (Å²) in [6, 6.07) is 3.60. The van der Waals surface area contributed by atoms with Crippen molar-refractivity contribution < 1.29 is 4.79 Å². The Kier molecular flexibility index (Phi) is 4.51. The Bertz CT molecular complexity index is 778. The number of carbonyl (C=O) groups excluding carboxylic acids is 1. The van der Waals surface area contributed by atoms with Crippen molar-refractivity contribution in [2.75, 3.05) is 13.1 Å². The number of aryl methyl sites for hydroxylation is 1. The number of pyridine rings is 1. The SMILES string of the molecule is CC(C)n1c(C2CCCN(C(=O)c3cccnc3)C2)nn(C)c1=O. The van der Waals surface area contributed by atoms with Crippen molar-refractivity contribution in [3.63, 3.8) is 0 Å². The molecule has 3 rings (SSSR count). The number of nitrogens with zero attached hydrogens (tertiary/aromatic N) is 5. The normalized spacial score (nSPS) is 18.2. The lowest BCUT2D eigenvalue weighted by Gasteiger charge is -2.32. The summed E-state index contributed by atoms with van der Waals surface area (Å²) in [5, 5.41) is 4.44. The van der Waals surface area contributed by atoms with Gasteiger partial charge in [0.25, 0.3) is 5.91 Å². The van der Waals surface area contributed by atoms with E-state index in [1.807, 2.05) is 18.7 Å². The third-order valence-corrected chi connectivity index (χ3v) is 4.48. The summed E-state index contributed by atoms with van der Waals surface area (Å²) in [4.78, 5) is 30.8. The molecule has 2 aromatic heterocycles. The second kappa shape index (κ2) is 6.59. The van der Waals surface area contributed by atoms with Crippen LogP contribution in [0.5, 0.6) is 0 Å². The highest BCUT2D eigenvalue weighted by molar-refractivity contribution is 5.93. The molecule has 1 amide bonds. The number of hydrogen-bond acceptors (Lipinski definition) is 4. The van der Waals surface area contributed by atoms with E-state index in [4.69, 9.17) is 0 Å². The first-order chi connectivity index (χ1) is 11.5. The fourth-order valence-corrected chi connectivity index (χ4v) is 3.31. The van der Waals surface area contributed by atoms with E-state index in [1.165, 1.54) is 4.68 Å². The fourth-order valence-electron chi connectivity index (χ4n) is 3.31. The summed E-state index contributed by atoms with van der Waals surface area (Å²) >= 11 is 0. The van der Waals surface area contributed by atoms with Crippen LogP contribution in [0.3, 0.4) is 0 Å². The van der Waals surface area contributed by atoms with Crippen molar-refractivity contribution >= 4 is 5.91 Å². The van der Waals surface area contributed by atoms with E-state index < -0.39 is 0 Å². The minimum absolute atomic E-state index is 0.0119. The summed E-state index contributed by atoms with van der Waals surface area (Å²) < 4.78 is 3.12. The van der Waals surface area contributed by atoms with Gasteiger partial charge in [0, 0.05) is 44.5 Å². The smallest absolute Gasteiger partial charge is 0.338 e. The Hall–Kier alpha value is -2.44. The fraction of sp³-hybridized carbons (Fsp3) is 0.529. The van der Waals surface area contributed by atoms with Crippen LogP contribution < -0.4 is 5.69 Å². The molecule has 2 aromatic rings. The maximum Gasteiger partial charge on any atom is 0.345 e. The van der Waals surface area contributed by atoms with E-state index in [9.17, 15) is 9.59 Å². The zero-order valence-corrected chi connectivity index (χ0v) is 14.3. The van der Waals surface area contributed by atoms with Crippen molar-refractivity contribution in [2.45, 2.75) is 38.6 Å². The van der Waals surface area contributed by atoms with Crippen molar-refractivity contribution in [2.24, 2.45) is 7.05 Å². The molecule has 0 aromatic carbocycles. The molecule has 7 nitrogen and oxygen atoms in total. The van der Waals surface area contributed by atoms with Crippen LogP contribution in [0, 0.1) is 0 Å². The highest BCUT2D eigenvalue weighted by Crippen LogP contribution is 2.27. The lowest BCUT2D eigenvalue weighted by Crippen LogP contribution is -2.40. The number of aromatic nitrogens is 4. The van der Waals surface area contributed by atoms with Crippen molar-refractivity contribution in [3.05, 3.63) is 46.4 Å². The topological polar surface area (TPSA) is 73.0 Å². The highest BCUT2D eigenvalue weighted by atomic mass is 16.2. The van der Waals surface area contributed by atoms with Gasteiger partial charge in [-0.05, 0) is 38.8 Å². The lowest BCUT2D eigenvalue weighted by molar-refractivity contribution is 0.0702. The van der Waals surface area contributed by atoms with Gasteiger partial charge in [-0.15, -0.1) is 0 Å². The Morgan fingerprint density at radius 3 is 2.83 bits per heavy atom. The molecule has 0 aliphatic carbocycles. The molecule has 24 heavy (non-hydrogen) atoms. The zero-order chi connectivity index (χ0) is 17.3. The predicted molar refractivity (Wildman–Crippen MR) is 90.0 cm³/mol. The minimum atomic E-state index is -0.101. The molecule has 1 saturated heterocycles. The number of rotatable bonds is 3. The predicted octanol–water partition coefficient (Wildman–Crippen LogP) is 1.58.